The molecule has 140 valence electrons. The largest absolute Gasteiger partial charge is 0.272 e. The molecule has 0 saturated carbocycles. The van der Waals surface area contributed by atoms with Crippen LogP contribution in [0.3, 0.4) is 0 Å². The van der Waals surface area contributed by atoms with E-state index in [0.29, 0.717) is 0 Å². The predicted octanol–water partition coefficient (Wildman–Crippen LogP) is 2.50. The van der Waals surface area contributed by atoms with E-state index >= 15 is 0 Å². The van der Waals surface area contributed by atoms with Crippen molar-refractivity contribution in [3.63, 3.8) is 0 Å². The van der Waals surface area contributed by atoms with Gasteiger partial charge in [0, 0.05) is 11.4 Å². The molecule has 6 nitrogen and oxygen atoms in total. The lowest BCUT2D eigenvalue weighted by Crippen LogP contribution is -2.34. The minimum atomic E-state index is -0.346. The van der Waals surface area contributed by atoms with Crippen molar-refractivity contribution in [3.8, 4) is 0 Å². The molecule has 2 aliphatic heterocycles. The molecule has 0 spiro atoms. The molecule has 2 rings (SSSR count). The molecule has 0 aromatic carbocycles. The lowest BCUT2D eigenvalue weighted by molar-refractivity contribution is -0.120. The molecule has 2 aliphatic rings. The van der Waals surface area contributed by atoms with Crippen molar-refractivity contribution >= 4 is 58.5 Å². The van der Waals surface area contributed by atoms with Gasteiger partial charge < -0.3 is 0 Å². The average molecular weight is 403 g/mol. The maximum Gasteiger partial charge on any atom is 0.252 e. The monoisotopic (exact) mass is 402 g/mol. The number of carbonyl (C=O) groups is 2. The minimum Gasteiger partial charge on any atom is -0.272 e. The summed E-state index contributed by atoms with van der Waals surface area (Å²) in [5, 5.41) is 7.75. The Hall–Kier alpha value is -0.670. The zero-order valence-corrected chi connectivity index (χ0v) is 17.2. The Morgan fingerprint density at radius 1 is 0.840 bits per heavy atom. The first-order valence-electron chi connectivity index (χ1n) is 8.58. The van der Waals surface area contributed by atoms with E-state index in [1.54, 1.807) is 13.8 Å². The van der Waals surface area contributed by atoms with E-state index in [2.05, 4.69) is 21.1 Å². The standard InChI is InChI=1S/C16H26N4O2S3/c1-11(15(21)19-17-13-3-7-23-8-4-13)25-12(2)16(22)20-18-14-5-9-24-10-6-14/h11-12H,3-10H2,1-2H3,(H,19,21)(H,20,22)/t11-,12-/m1/s1. The molecule has 0 aliphatic carbocycles. The molecule has 0 aromatic heterocycles. The lowest BCUT2D eigenvalue weighted by atomic mass is 10.2. The zero-order valence-electron chi connectivity index (χ0n) is 14.7. The predicted molar refractivity (Wildman–Crippen MR) is 111 cm³/mol. The Morgan fingerprint density at radius 2 is 1.20 bits per heavy atom. The highest BCUT2D eigenvalue weighted by Gasteiger charge is 2.22. The van der Waals surface area contributed by atoms with Crippen LogP contribution in [0.15, 0.2) is 10.2 Å². The normalized spacial score (nSPS) is 20.4. The SMILES string of the molecule is C[C@@H](S[C@H](C)C(=O)NN=C1CCSCC1)C(=O)NN=C1CCSCC1. The van der Waals surface area contributed by atoms with Gasteiger partial charge >= 0.3 is 0 Å². The second-order valence-electron chi connectivity index (χ2n) is 5.95. The number of hydrogen-bond acceptors (Lipinski definition) is 7. The third kappa shape index (κ3) is 7.62. The highest BCUT2D eigenvalue weighted by Crippen LogP contribution is 2.19. The number of hydrogen-bond donors (Lipinski definition) is 2. The first kappa shape index (κ1) is 20.6. The van der Waals surface area contributed by atoms with Crippen molar-refractivity contribution in [2.45, 2.75) is 50.0 Å². The van der Waals surface area contributed by atoms with E-state index < -0.39 is 0 Å². The number of amides is 2. The van der Waals surface area contributed by atoms with Gasteiger partial charge in [0.2, 0.25) is 0 Å². The molecular weight excluding hydrogens is 376 g/mol. The first-order valence-corrected chi connectivity index (χ1v) is 11.8. The molecule has 0 radical (unpaired) electrons. The quantitative estimate of drug-likeness (QED) is 0.667. The minimum absolute atomic E-state index is 0.161. The van der Waals surface area contributed by atoms with Crippen LogP contribution >= 0.6 is 35.3 Å². The summed E-state index contributed by atoms with van der Waals surface area (Å²) in [6.07, 6.45) is 3.74. The highest BCUT2D eigenvalue weighted by molar-refractivity contribution is 8.01. The van der Waals surface area contributed by atoms with Gasteiger partial charge in [0.15, 0.2) is 0 Å². The molecule has 2 fully saturated rings. The first-order chi connectivity index (χ1) is 12.1. The third-order valence-electron chi connectivity index (χ3n) is 3.94. The molecule has 2 amide bonds. The summed E-state index contributed by atoms with van der Waals surface area (Å²) in [7, 11) is 0. The summed E-state index contributed by atoms with van der Waals surface area (Å²) >= 11 is 5.14. The van der Waals surface area contributed by atoms with Gasteiger partial charge in [0.05, 0.1) is 10.5 Å². The van der Waals surface area contributed by atoms with E-state index in [0.717, 1.165) is 60.1 Å². The number of nitrogens with zero attached hydrogens (tertiary/aromatic N) is 2. The van der Waals surface area contributed by atoms with Crippen LogP contribution in [0.5, 0.6) is 0 Å². The van der Waals surface area contributed by atoms with E-state index in [1.807, 2.05) is 23.5 Å². The second-order valence-corrected chi connectivity index (χ2v) is 10.1. The van der Waals surface area contributed by atoms with Crippen LogP contribution in [-0.4, -0.2) is 56.7 Å². The Balaban J connectivity index is 1.72. The molecule has 0 unspecified atom stereocenters. The van der Waals surface area contributed by atoms with Crippen LogP contribution in [0.1, 0.15) is 39.5 Å². The number of thioether (sulfide) groups is 3. The van der Waals surface area contributed by atoms with E-state index in [4.69, 9.17) is 0 Å². The summed E-state index contributed by atoms with van der Waals surface area (Å²) in [5.74, 6) is 3.95. The molecule has 0 bridgehead atoms. The highest BCUT2D eigenvalue weighted by atomic mass is 32.2. The number of hydrazone groups is 2. The molecular formula is C16H26N4O2S3. The second kappa shape index (κ2) is 11.1. The summed E-state index contributed by atoms with van der Waals surface area (Å²) < 4.78 is 0. The molecule has 9 heteroatoms. The van der Waals surface area contributed by atoms with Crippen LogP contribution in [-0.2, 0) is 9.59 Å². The molecule has 0 aromatic rings. The van der Waals surface area contributed by atoms with Gasteiger partial charge in [-0.15, -0.1) is 11.8 Å². The zero-order chi connectivity index (χ0) is 18.1. The Bertz CT molecular complexity index is 477. The summed E-state index contributed by atoms with van der Waals surface area (Å²) in [4.78, 5) is 24.3. The number of carbonyl (C=O) groups excluding carboxylic acids is 2. The van der Waals surface area contributed by atoms with Crippen LogP contribution in [0.25, 0.3) is 0 Å². The van der Waals surface area contributed by atoms with Crippen LogP contribution in [0, 0.1) is 0 Å². The van der Waals surface area contributed by atoms with Gasteiger partial charge in [-0.3, -0.25) is 9.59 Å². The summed E-state index contributed by atoms with van der Waals surface area (Å²) in [6, 6.07) is 0. The maximum absolute atomic E-state index is 12.1. The Morgan fingerprint density at radius 3 is 1.56 bits per heavy atom. The summed E-state index contributed by atoms with van der Waals surface area (Å²) in [6.45, 7) is 3.59. The van der Waals surface area contributed by atoms with Gasteiger partial charge in [-0.05, 0) is 62.5 Å². The topological polar surface area (TPSA) is 82.9 Å². The van der Waals surface area contributed by atoms with E-state index in [1.165, 1.54) is 11.8 Å². The van der Waals surface area contributed by atoms with Crippen molar-refractivity contribution in [1.82, 2.24) is 10.9 Å². The van der Waals surface area contributed by atoms with Crippen molar-refractivity contribution in [2.75, 3.05) is 23.0 Å². The summed E-state index contributed by atoms with van der Waals surface area (Å²) in [5.41, 5.74) is 7.38. The molecule has 2 atom stereocenters. The van der Waals surface area contributed by atoms with Gasteiger partial charge in [-0.25, -0.2) is 10.9 Å². The fraction of sp³-hybridized carbons (Fsp3) is 0.750. The molecule has 2 N–H and O–H groups in total. The maximum atomic E-state index is 12.1. The smallest absolute Gasteiger partial charge is 0.252 e. The average Bonchev–Trinajstić information content (AvgIpc) is 2.65. The van der Waals surface area contributed by atoms with Crippen LogP contribution in [0.2, 0.25) is 0 Å². The van der Waals surface area contributed by atoms with Gasteiger partial charge in [-0.1, -0.05) is 0 Å². The number of rotatable bonds is 6. The van der Waals surface area contributed by atoms with Gasteiger partial charge in [0.25, 0.3) is 11.8 Å². The Kier molecular flexibility index (Phi) is 9.19. The number of nitrogens with one attached hydrogen (secondary N) is 2. The van der Waals surface area contributed by atoms with Crippen molar-refractivity contribution < 1.29 is 9.59 Å². The van der Waals surface area contributed by atoms with E-state index in [-0.39, 0.29) is 22.3 Å². The Labute approximate surface area is 162 Å². The van der Waals surface area contributed by atoms with Gasteiger partial charge in [0.1, 0.15) is 0 Å². The van der Waals surface area contributed by atoms with Crippen LogP contribution < -0.4 is 10.9 Å². The third-order valence-corrected chi connectivity index (χ3v) is 7.15. The van der Waals surface area contributed by atoms with E-state index in [9.17, 15) is 9.59 Å². The molecule has 25 heavy (non-hydrogen) atoms. The fourth-order valence-electron chi connectivity index (χ4n) is 2.32. The lowest BCUT2D eigenvalue weighted by Gasteiger charge is -2.17. The molecule has 2 heterocycles. The van der Waals surface area contributed by atoms with Gasteiger partial charge in [-0.2, -0.15) is 33.7 Å². The van der Waals surface area contributed by atoms with Crippen molar-refractivity contribution in [2.24, 2.45) is 10.2 Å². The van der Waals surface area contributed by atoms with Crippen molar-refractivity contribution in [1.29, 1.82) is 0 Å². The van der Waals surface area contributed by atoms with Crippen molar-refractivity contribution in [3.05, 3.63) is 0 Å². The fourth-order valence-corrected chi connectivity index (χ4v) is 5.21. The molecule has 2 saturated heterocycles. The van der Waals surface area contributed by atoms with Crippen LogP contribution in [0.4, 0.5) is 0 Å².